The maximum absolute atomic E-state index is 12.2. The highest BCUT2D eigenvalue weighted by molar-refractivity contribution is 5.96. The molecule has 0 bridgehead atoms. The third kappa shape index (κ3) is 4.41. The van der Waals surface area contributed by atoms with E-state index < -0.39 is 17.9 Å². The average Bonchev–Trinajstić information content (AvgIpc) is 2.71. The molecule has 0 saturated heterocycles. The summed E-state index contributed by atoms with van der Waals surface area (Å²) in [7, 11) is 0. The first-order valence-corrected chi connectivity index (χ1v) is 8.32. The predicted octanol–water partition coefficient (Wildman–Crippen LogP) is 2.94. The molecule has 1 unspecified atom stereocenters. The number of hydrogen-bond donors (Lipinski definition) is 2. The summed E-state index contributed by atoms with van der Waals surface area (Å²) in [6, 6.07) is 21.5. The second-order valence-corrected chi connectivity index (χ2v) is 5.91. The summed E-state index contributed by atoms with van der Waals surface area (Å²) in [5, 5.41) is 11.0. The maximum atomic E-state index is 12.2. The molecular formula is C21H17N3O3. The van der Waals surface area contributed by atoms with Crippen molar-refractivity contribution in [1.82, 2.24) is 10.9 Å². The van der Waals surface area contributed by atoms with Gasteiger partial charge in [0, 0.05) is 5.56 Å². The van der Waals surface area contributed by atoms with Crippen molar-refractivity contribution < 1.29 is 14.3 Å². The molecule has 6 nitrogen and oxygen atoms in total. The Morgan fingerprint density at radius 2 is 1.74 bits per heavy atom. The number of nitrogens with zero attached hydrogens (tertiary/aromatic N) is 1. The SMILES string of the molecule is CC(Oc1ccc2ccccc2c1)C(=O)NNC(=O)c1cccc(C#N)c1. The van der Waals surface area contributed by atoms with Crippen LogP contribution in [0.25, 0.3) is 10.8 Å². The van der Waals surface area contributed by atoms with E-state index in [1.54, 1.807) is 31.2 Å². The van der Waals surface area contributed by atoms with E-state index in [1.165, 1.54) is 6.07 Å². The van der Waals surface area contributed by atoms with E-state index in [9.17, 15) is 9.59 Å². The largest absolute Gasteiger partial charge is 0.481 e. The van der Waals surface area contributed by atoms with E-state index in [4.69, 9.17) is 10.00 Å². The van der Waals surface area contributed by atoms with Crippen LogP contribution in [0.1, 0.15) is 22.8 Å². The van der Waals surface area contributed by atoms with Crippen molar-refractivity contribution in [2.75, 3.05) is 0 Å². The van der Waals surface area contributed by atoms with Gasteiger partial charge in [0.25, 0.3) is 11.8 Å². The zero-order chi connectivity index (χ0) is 19.2. The highest BCUT2D eigenvalue weighted by Crippen LogP contribution is 2.21. The number of nitriles is 1. The van der Waals surface area contributed by atoms with Crippen molar-refractivity contribution in [3.63, 3.8) is 0 Å². The Balaban J connectivity index is 1.58. The van der Waals surface area contributed by atoms with Gasteiger partial charge in [-0.1, -0.05) is 36.4 Å². The van der Waals surface area contributed by atoms with E-state index in [0.717, 1.165) is 10.8 Å². The van der Waals surface area contributed by atoms with E-state index in [0.29, 0.717) is 11.3 Å². The summed E-state index contributed by atoms with van der Waals surface area (Å²) < 4.78 is 5.65. The van der Waals surface area contributed by atoms with Crippen molar-refractivity contribution in [2.45, 2.75) is 13.0 Å². The predicted molar refractivity (Wildman–Crippen MR) is 101 cm³/mol. The monoisotopic (exact) mass is 359 g/mol. The number of benzene rings is 3. The third-order valence-electron chi connectivity index (χ3n) is 3.96. The lowest BCUT2D eigenvalue weighted by Crippen LogP contribution is -2.47. The number of nitrogens with one attached hydrogen (secondary N) is 2. The molecule has 134 valence electrons. The van der Waals surface area contributed by atoms with E-state index in [1.807, 2.05) is 42.5 Å². The fourth-order valence-electron chi connectivity index (χ4n) is 2.52. The van der Waals surface area contributed by atoms with Gasteiger partial charge >= 0.3 is 0 Å². The van der Waals surface area contributed by atoms with Crippen LogP contribution in [0.4, 0.5) is 0 Å². The molecule has 3 aromatic carbocycles. The van der Waals surface area contributed by atoms with E-state index in [-0.39, 0.29) is 5.56 Å². The number of ether oxygens (including phenoxy) is 1. The van der Waals surface area contributed by atoms with Gasteiger partial charge in [-0.2, -0.15) is 5.26 Å². The number of amides is 2. The van der Waals surface area contributed by atoms with Crippen LogP contribution in [0, 0.1) is 11.3 Å². The number of fused-ring (bicyclic) bond motifs is 1. The minimum absolute atomic E-state index is 0.275. The van der Waals surface area contributed by atoms with Gasteiger partial charge in [0.1, 0.15) is 5.75 Å². The average molecular weight is 359 g/mol. The Kier molecular flexibility index (Phi) is 5.33. The smallest absolute Gasteiger partial charge is 0.279 e. The molecule has 2 amide bonds. The maximum Gasteiger partial charge on any atom is 0.279 e. The topological polar surface area (TPSA) is 91.2 Å². The lowest BCUT2D eigenvalue weighted by molar-refractivity contribution is -0.128. The van der Waals surface area contributed by atoms with Crippen LogP contribution in [0.15, 0.2) is 66.7 Å². The quantitative estimate of drug-likeness (QED) is 0.701. The molecule has 0 spiro atoms. The standard InChI is InChI=1S/C21H17N3O3/c1-14(27-19-10-9-16-6-2-3-7-17(16)12-19)20(25)23-24-21(26)18-8-4-5-15(11-18)13-22/h2-12,14H,1H3,(H,23,25)(H,24,26). The third-order valence-corrected chi connectivity index (χ3v) is 3.96. The molecule has 0 aliphatic rings. The first-order valence-electron chi connectivity index (χ1n) is 8.32. The fraction of sp³-hybridized carbons (Fsp3) is 0.0952. The lowest BCUT2D eigenvalue weighted by atomic mass is 10.1. The molecule has 0 aliphatic heterocycles. The molecule has 0 aromatic heterocycles. The number of carbonyl (C=O) groups excluding carboxylic acids is 2. The molecule has 2 N–H and O–H groups in total. The van der Waals surface area contributed by atoms with Crippen LogP contribution >= 0.6 is 0 Å². The van der Waals surface area contributed by atoms with Crippen LogP contribution in [-0.2, 0) is 4.79 Å². The Labute approximate surface area is 156 Å². The minimum Gasteiger partial charge on any atom is -0.481 e. The summed E-state index contributed by atoms with van der Waals surface area (Å²) in [4.78, 5) is 24.2. The number of rotatable bonds is 4. The van der Waals surface area contributed by atoms with E-state index in [2.05, 4.69) is 10.9 Å². The van der Waals surface area contributed by atoms with Crippen molar-refractivity contribution >= 4 is 22.6 Å². The highest BCUT2D eigenvalue weighted by atomic mass is 16.5. The molecule has 0 saturated carbocycles. The van der Waals surface area contributed by atoms with Crippen molar-refractivity contribution in [1.29, 1.82) is 5.26 Å². The summed E-state index contributed by atoms with van der Waals surface area (Å²) in [6.45, 7) is 1.59. The Hall–Kier alpha value is -3.85. The second-order valence-electron chi connectivity index (χ2n) is 5.91. The zero-order valence-corrected chi connectivity index (χ0v) is 14.6. The van der Waals surface area contributed by atoms with Gasteiger partial charge in [-0.05, 0) is 48.0 Å². The highest BCUT2D eigenvalue weighted by Gasteiger charge is 2.16. The Bertz CT molecular complexity index is 1040. The molecule has 0 heterocycles. The Morgan fingerprint density at radius 3 is 2.52 bits per heavy atom. The van der Waals surface area contributed by atoms with Crippen LogP contribution in [0.2, 0.25) is 0 Å². The first-order chi connectivity index (χ1) is 13.1. The first kappa shape index (κ1) is 18.0. The van der Waals surface area contributed by atoms with Crippen LogP contribution in [-0.4, -0.2) is 17.9 Å². The van der Waals surface area contributed by atoms with Crippen LogP contribution in [0.3, 0.4) is 0 Å². The number of hydrogen-bond acceptors (Lipinski definition) is 4. The van der Waals surface area contributed by atoms with Crippen molar-refractivity contribution in [3.8, 4) is 11.8 Å². The molecule has 6 heteroatoms. The van der Waals surface area contributed by atoms with Gasteiger partial charge in [0.2, 0.25) is 0 Å². The van der Waals surface area contributed by atoms with Crippen LogP contribution < -0.4 is 15.6 Å². The molecule has 27 heavy (non-hydrogen) atoms. The molecular weight excluding hydrogens is 342 g/mol. The van der Waals surface area contributed by atoms with Crippen LogP contribution in [0.5, 0.6) is 5.75 Å². The van der Waals surface area contributed by atoms with Gasteiger partial charge < -0.3 is 4.74 Å². The zero-order valence-electron chi connectivity index (χ0n) is 14.6. The fourth-order valence-corrected chi connectivity index (χ4v) is 2.52. The Morgan fingerprint density at radius 1 is 0.963 bits per heavy atom. The minimum atomic E-state index is -0.808. The summed E-state index contributed by atoms with van der Waals surface area (Å²) in [5.41, 5.74) is 5.29. The summed E-state index contributed by atoms with van der Waals surface area (Å²) >= 11 is 0. The number of hydrazine groups is 1. The second kappa shape index (κ2) is 8.02. The normalized spacial score (nSPS) is 11.3. The molecule has 3 aromatic rings. The lowest BCUT2D eigenvalue weighted by Gasteiger charge is -2.15. The molecule has 3 rings (SSSR count). The van der Waals surface area contributed by atoms with Crippen molar-refractivity contribution in [2.24, 2.45) is 0 Å². The molecule has 0 radical (unpaired) electrons. The summed E-state index contributed by atoms with van der Waals surface area (Å²) in [5.74, 6) is -0.448. The van der Waals surface area contributed by atoms with Gasteiger partial charge in [0.15, 0.2) is 6.10 Å². The van der Waals surface area contributed by atoms with Gasteiger partial charge in [-0.25, -0.2) is 0 Å². The van der Waals surface area contributed by atoms with Gasteiger partial charge in [-0.3, -0.25) is 20.4 Å². The number of carbonyl (C=O) groups is 2. The molecule has 0 aliphatic carbocycles. The summed E-state index contributed by atoms with van der Waals surface area (Å²) in [6.07, 6.45) is -0.808. The van der Waals surface area contributed by atoms with E-state index >= 15 is 0 Å². The van der Waals surface area contributed by atoms with Gasteiger partial charge in [-0.15, -0.1) is 0 Å². The van der Waals surface area contributed by atoms with Crippen molar-refractivity contribution in [3.05, 3.63) is 77.9 Å². The molecule has 0 fully saturated rings. The van der Waals surface area contributed by atoms with Gasteiger partial charge in [0.05, 0.1) is 11.6 Å². The molecule has 1 atom stereocenters.